The normalized spacial score (nSPS) is 20.6. The smallest absolute Gasteiger partial charge is 0.267 e. The van der Waals surface area contributed by atoms with Crippen molar-refractivity contribution in [3.63, 3.8) is 0 Å². The molecule has 2 atom stereocenters. The van der Waals surface area contributed by atoms with Gasteiger partial charge in [0.2, 0.25) is 5.96 Å². The second-order valence-corrected chi connectivity index (χ2v) is 9.07. The first kappa shape index (κ1) is 20.5. The van der Waals surface area contributed by atoms with Gasteiger partial charge in [-0.3, -0.25) is 14.6 Å². The molecule has 8 nitrogen and oxygen atoms in total. The number of aliphatic hydroxyl groups is 1. The van der Waals surface area contributed by atoms with Crippen molar-refractivity contribution in [1.82, 2.24) is 14.7 Å². The summed E-state index contributed by atoms with van der Waals surface area (Å²) in [5.41, 5.74) is 3.12. The zero-order chi connectivity index (χ0) is 23.4. The monoisotopic (exact) mass is 454 g/mol. The summed E-state index contributed by atoms with van der Waals surface area (Å²) in [5.74, 6) is 1.97. The lowest BCUT2D eigenvalue weighted by Crippen LogP contribution is -2.51. The molecule has 1 fully saturated rings. The molecule has 3 heterocycles. The van der Waals surface area contributed by atoms with Gasteiger partial charge in [0.1, 0.15) is 17.1 Å². The molecular weight excluding hydrogens is 428 g/mol. The molecule has 0 spiro atoms. The summed E-state index contributed by atoms with van der Waals surface area (Å²) in [6.07, 6.45) is 3.22. The first-order valence-electron chi connectivity index (χ1n) is 11.6. The summed E-state index contributed by atoms with van der Waals surface area (Å²) < 4.78 is 1.86. The molecule has 0 unspecified atom stereocenters. The number of nitrogens with one attached hydrogen (secondary N) is 1. The molecule has 8 heteroatoms. The van der Waals surface area contributed by atoms with Gasteiger partial charge >= 0.3 is 0 Å². The molecule has 1 amide bonds. The van der Waals surface area contributed by atoms with Gasteiger partial charge in [0, 0.05) is 18.3 Å². The van der Waals surface area contributed by atoms with E-state index in [4.69, 9.17) is 10.1 Å². The largest absolute Gasteiger partial charge is 0.508 e. The summed E-state index contributed by atoms with van der Waals surface area (Å²) >= 11 is 0. The fraction of sp³-hybridized carbons (Fsp3) is 0.269. The number of nitrogens with zero attached hydrogens (tertiary/aromatic N) is 5. The van der Waals surface area contributed by atoms with E-state index in [0.717, 1.165) is 30.5 Å². The van der Waals surface area contributed by atoms with Crippen LogP contribution in [0, 0.1) is 0 Å². The van der Waals surface area contributed by atoms with E-state index in [-0.39, 0.29) is 23.8 Å². The number of carbonyl (C=O) groups excluding carboxylic acids is 1. The highest BCUT2D eigenvalue weighted by molar-refractivity contribution is 6.21. The summed E-state index contributed by atoms with van der Waals surface area (Å²) in [7, 11) is 1.79. The number of hydrogen-bond donors (Lipinski definition) is 2. The van der Waals surface area contributed by atoms with E-state index in [0.29, 0.717) is 35.3 Å². The number of aliphatic hydroxyl groups excluding tert-OH is 1. The van der Waals surface area contributed by atoms with E-state index >= 15 is 0 Å². The van der Waals surface area contributed by atoms with Crippen molar-refractivity contribution in [3.05, 3.63) is 77.9 Å². The number of carbonyl (C=O) groups is 1. The van der Waals surface area contributed by atoms with Gasteiger partial charge in [0.05, 0.1) is 18.6 Å². The zero-order valence-corrected chi connectivity index (χ0v) is 19.0. The lowest BCUT2D eigenvalue weighted by molar-refractivity contribution is 0.0866. The average molecular weight is 455 g/mol. The Kier molecular flexibility index (Phi) is 4.69. The van der Waals surface area contributed by atoms with Crippen LogP contribution < -0.4 is 10.2 Å². The van der Waals surface area contributed by atoms with Crippen LogP contribution in [0.4, 0.5) is 17.3 Å². The third kappa shape index (κ3) is 3.17. The Morgan fingerprint density at radius 2 is 1.91 bits per heavy atom. The number of aliphatic imine (C=N–C) groups is 1. The van der Waals surface area contributed by atoms with Gasteiger partial charge in [0.15, 0.2) is 5.82 Å². The zero-order valence-electron chi connectivity index (χ0n) is 19.0. The first-order valence-corrected chi connectivity index (χ1v) is 11.6. The second kappa shape index (κ2) is 7.76. The third-order valence-corrected chi connectivity index (χ3v) is 6.91. The highest BCUT2D eigenvalue weighted by atomic mass is 16.3. The van der Waals surface area contributed by atoms with Crippen molar-refractivity contribution in [2.24, 2.45) is 4.99 Å². The fourth-order valence-corrected chi connectivity index (χ4v) is 5.18. The average Bonchev–Trinajstić information content (AvgIpc) is 3.52. The Morgan fingerprint density at radius 3 is 2.65 bits per heavy atom. The molecule has 2 aromatic carbocycles. The molecule has 0 radical (unpaired) electrons. The van der Waals surface area contributed by atoms with Crippen LogP contribution in [0.3, 0.4) is 0 Å². The molecule has 2 aliphatic heterocycles. The molecule has 1 saturated carbocycles. The lowest BCUT2D eigenvalue weighted by atomic mass is 10.1. The molecule has 34 heavy (non-hydrogen) atoms. The number of guanidine groups is 1. The van der Waals surface area contributed by atoms with Gasteiger partial charge in [0.25, 0.3) is 5.91 Å². The molecule has 3 aromatic rings. The van der Waals surface area contributed by atoms with E-state index in [1.807, 2.05) is 59.3 Å². The molecular formula is C26H26N6O2. The van der Waals surface area contributed by atoms with E-state index in [1.54, 1.807) is 11.9 Å². The predicted octanol–water partition coefficient (Wildman–Crippen LogP) is 4.39. The van der Waals surface area contributed by atoms with Gasteiger partial charge in [-0.1, -0.05) is 49.0 Å². The Morgan fingerprint density at radius 1 is 1.15 bits per heavy atom. The number of anilines is 3. The Hall–Kier alpha value is -4.07. The third-order valence-electron chi connectivity index (χ3n) is 6.91. The molecule has 2 N–H and O–H groups in total. The van der Waals surface area contributed by atoms with E-state index < -0.39 is 0 Å². The van der Waals surface area contributed by atoms with Crippen molar-refractivity contribution in [2.45, 2.75) is 37.9 Å². The first-order chi connectivity index (χ1) is 16.5. The number of rotatable bonds is 5. The Balaban J connectivity index is 1.46. The molecule has 1 aliphatic carbocycles. The standard InChI is InChI=1S/C26H26N6O2/c1-16(33)18-13-11-17(12-14-18)15-31-23(27-19-7-4-3-5-8-19)22-24(29-31)32-21-10-6-9-20(21)28-26(32)30(2)25(22)34/h3-5,7-8,11-14,20-21,27,33H,1,6,9-10,15H2,2H3/t20-,21+/m1/s1. The van der Waals surface area contributed by atoms with Crippen LogP contribution in [-0.4, -0.2) is 50.8 Å². The van der Waals surface area contributed by atoms with Crippen LogP contribution in [-0.2, 0) is 6.54 Å². The molecule has 0 saturated heterocycles. The van der Waals surface area contributed by atoms with Crippen LogP contribution in [0.5, 0.6) is 0 Å². The molecule has 0 bridgehead atoms. The maximum absolute atomic E-state index is 13.6. The summed E-state index contributed by atoms with van der Waals surface area (Å²) in [6.45, 7) is 4.05. The SMILES string of the molecule is C=C(O)c1ccc(Cn2nc3c(c2Nc2ccccc2)C(=O)N(C)C2=N[C@@H]4CCC[C@@H]4N23)cc1. The van der Waals surface area contributed by atoms with Gasteiger partial charge in [-0.05, 0) is 37.0 Å². The molecule has 1 aromatic heterocycles. The van der Waals surface area contributed by atoms with E-state index in [2.05, 4.69) is 16.8 Å². The molecule has 3 aliphatic rings. The van der Waals surface area contributed by atoms with Crippen molar-refractivity contribution < 1.29 is 9.90 Å². The summed E-state index contributed by atoms with van der Waals surface area (Å²) in [5, 5.41) is 18.1. The van der Waals surface area contributed by atoms with Gasteiger partial charge < -0.3 is 10.4 Å². The van der Waals surface area contributed by atoms with Crippen LogP contribution in [0.1, 0.15) is 40.7 Å². The Labute approximate surface area is 197 Å². The van der Waals surface area contributed by atoms with Gasteiger partial charge in [-0.25, -0.2) is 9.67 Å². The van der Waals surface area contributed by atoms with Crippen molar-refractivity contribution in [1.29, 1.82) is 0 Å². The van der Waals surface area contributed by atoms with E-state index in [1.165, 1.54) is 0 Å². The van der Waals surface area contributed by atoms with Crippen LogP contribution in [0.15, 0.2) is 66.2 Å². The topological polar surface area (TPSA) is 86.0 Å². The number of para-hydroxylation sites is 1. The van der Waals surface area contributed by atoms with Crippen LogP contribution >= 0.6 is 0 Å². The quantitative estimate of drug-likeness (QED) is 0.559. The number of hydrogen-bond acceptors (Lipinski definition) is 6. The highest BCUT2D eigenvalue weighted by Crippen LogP contribution is 2.42. The summed E-state index contributed by atoms with van der Waals surface area (Å²) in [6, 6.07) is 17.8. The minimum Gasteiger partial charge on any atom is -0.508 e. The minimum absolute atomic E-state index is 0.0353. The van der Waals surface area contributed by atoms with Gasteiger partial charge in [-0.2, -0.15) is 5.10 Å². The highest BCUT2D eigenvalue weighted by Gasteiger charge is 2.49. The van der Waals surface area contributed by atoms with Crippen LogP contribution in [0.2, 0.25) is 0 Å². The van der Waals surface area contributed by atoms with Crippen molar-refractivity contribution in [3.8, 4) is 0 Å². The number of amides is 1. The number of fused-ring (bicyclic) bond motifs is 5. The maximum atomic E-state index is 13.6. The van der Waals surface area contributed by atoms with Gasteiger partial charge in [-0.15, -0.1) is 0 Å². The fourth-order valence-electron chi connectivity index (χ4n) is 5.18. The molecule has 6 rings (SSSR count). The Bertz CT molecular complexity index is 1310. The summed E-state index contributed by atoms with van der Waals surface area (Å²) in [4.78, 5) is 22.3. The number of benzene rings is 2. The molecule has 172 valence electrons. The minimum atomic E-state index is -0.110. The van der Waals surface area contributed by atoms with Crippen molar-refractivity contribution >= 4 is 34.9 Å². The van der Waals surface area contributed by atoms with Crippen LogP contribution in [0.25, 0.3) is 5.76 Å². The second-order valence-electron chi connectivity index (χ2n) is 9.07. The van der Waals surface area contributed by atoms with E-state index in [9.17, 15) is 9.90 Å². The predicted molar refractivity (Wildman–Crippen MR) is 133 cm³/mol. The lowest BCUT2D eigenvalue weighted by Gasteiger charge is -2.34. The van der Waals surface area contributed by atoms with Crippen molar-refractivity contribution in [2.75, 3.05) is 17.3 Å². The number of aromatic nitrogens is 2. The maximum Gasteiger partial charge on any atom is 0.267 e.